The average Bonchev–Trinajstić information content (AvgIpc) is 2.35. The first-order valence-corrected chi connectivity index (χ1v) is 12.2. The molecular weight excluding hydrogens is 327 g/mol. The Morgan fingerprint density at radius 2 is 0.833 bits per heavy atom. The Bertz CT molecular complexity index is 114. The van der Waals surface area contributed by atoms with Crippen LogP contribution in [0, 0.1) is 0 Å². The van der Waals surface area contributed by atoms with Crippen molar-refractivity contribution < 1.29 is 5.48 Å². The van der Waals surface area contributed by atoms with E-state index in [1.54, 1.807) is 21.7 Å². The quantitative estimate of drug-likeness (QED) is 0.263. The van der Waals surface area contributed by atoms with Crippen LogP contribution in [0.1, 0.15) is 90.9 Å². The molecule has 0 saturated heterocycles. The zero-order valence-electron chi connectivity index (χ0n) is 12.8. The molecule has 0 saturated carbocycles. The SMILES string of the molecule is CCCCCCC[CH2][Sn+2][CH2]CCCCCCC.[O-2]. The Hall–Kier alpha value is 0.759. The molecule has 0 fully saturated rings. The molecule has 0 unspecified atom stereocenters. The van der Waals surface area contributed by atoms with Crippen molar-refractivity contribution in [3.63, 3.8) is 0 Å². The Labute approximate surface area is 126 Å². The van der Waals surface area contributed by atoms with E-state index in [0.717, 1.165) is 0 Å². The van der Waals surface area contributed by atoms with Gasteiger partial charge in [-0.15, -0.1) is 0 Å². The number of rotatable bonds is 14. The molecule has 0 aliphatic rings. The summed E-state index contributed by atoms with van der Waals surface area (Å²) in [5.74, 6) is 0. The first kappa shape index (κ1) is 21.1. The van der Waals surface area contributed by atoms with Crippen LogP contribution in [-0.2, 0) is 5.48 Å². The van der Waals surface area contributed by atoms with Crippen LogP contribution >= 0.6 is 0 Å². The van der Waals surface area contributed by atoms with Gasteiger partial charge in [-0.05, 0) is 0 Å². The van der Waals surface area contributed by atoms with E-state index in [-0.39, 0.29) is 26.6 Å². The maximum absolute atomic E-state index is 2.30. The van der Waals surface area contributed by atoms with Crippen molar-refractivity contribution in [1.82, 2.24) is 0 Å². The summed E-state index contributed by atoms with van der Waals surface area (Å²) >= 11 is 0.0736. The van der Waals surface area contributed by atoms with E-state index in [2.05, 4.69) is 13.8 Å². The third-order valence-corrected chi connectivity index (χ3v) is 7.45. The summed E-state index contributed by atoms with van der Waals surface area (Å²) in [6.45, 7) is 4.60. The van der Waals surface area contributed by atoms with Gasteiger partial charge in [0.15, 0.2) is 0 Å². The van der Waals surface area contributed by atoms with E-state index in [0.29, 0.717) is 0 Å². The summed E-state index contributed by atoms with van der Waals surface area (Å²) in [5, 5.41) is 0. The number of hydrogen-bond acceptors (Lipinski definition) is 0. The van der Waals surface area contributed by atoms with Gasteiger partial charge < -0.3 is 5.48 Å². The van der Waals surface area contributed by atoms with Gasteiger partial charge in [0.2, 0.25) is 0 Å². The van der Waals surface area contributed by atoms with Crippen molar-refractivity contribution in [3.8, 4) is 0 Å². The molecule has 0 atom stereocenters. The van der Waals surface area contributed by atoms with Crippen LogP contribution in [0.5, 0.6) is 0 Å². The fraction of sp³-hybridized carbons (Fsp3) is 1.00. The van der Waals surface area contributed by atoms with Gasteiger partial charge in [-0.2, -0.15) is 0 Å². The van der Waals surface area contributed by atoms with Crippen molar-refractivity contribution in [1.29, 1.82) is 0 Å². The van der Waals surface area contributed by atoms with Gasteiger partial charge >= 0.3 is 121 Å². The van der Waals surface area contributed by atoms with Crippen LogP contribution in [0.25, 0.3) is 0 Å². The van der Waals surface area contributed by atoms with E-state index < -0.39 is 0 Å². The Balaban J connectivity index is 0. The van der Waals surface area contributed by atoms with E-state index in [1.165, 1.54) is 64.2 Å². The van der Waals surface area contributed by atoms with Crippen LogP contribution in [0.15, 0.2) is 0 Å². The molecule has 0 heterocycles. The minimum Gasteiger partial charge on any atom is -2.00 e. The largest absolute Gasteiger partial charge is 2.00 e. The second-order valence-electron chi connectivity index (χ2n) is 5.29. The summed E-state index contributed by atoms with van der Waals surface area (Å²) in [6.07, 6.45) is 17.8. The molecule has 0 bridgehead atoms. The normalized spacial score (nSPS) is 9.89. The van der Waals surface area contributed by atoms with Gasteiger partial charge in [0, 0.05) is 0 Å². The van der Waals surface area contributed by atoms with Gasteiger partial charge in [0.1, 0.15) is 0 Å². The molecule has 108 valence electrons. The second-order valence-corrected chi connectivity index (χ2v) is 9.57. The second kappa shape index (κ2) is 20.1. The molecule has 1 nitrogen and oxygen atoms in total. The molecule has 0 aromatic rings. The van der Waals surface area contributed by atoms with Gasteiger partial charge in [0.05, 0.1) is 0 Å². The molecule has 18 heavy (non-hydrogen) atoms. The van der Waals surface area contributed by atoms with Gasteiger partial charge in [0.25, 0.3) is 0 Å². The van der Waals surface area contributed by atoms with Crippen molar-refractivity contribution in [3.05, 3.63) is 0 Å². The monoisotopic (exact) mass is 362 g/mol. The van der Waals surface area contributed by atoms with E-state index >= 15 is 0 Å². The van der Waals surface area contributed by atoms with Crippen LogP contribution in [0.3, 0.4) is 0 Å². The summed E-state index contributed by atoms with van der Waals surface area (Å²) in [4.78, 5) is 0. The fourth-order valence-corrected chi connectivity index (χ4v) is 5.75. The zero-order chi connectivity index (χ0) is 12.6. The van der Waals surface area contributed by atoms with Crippen LogP contribution in [-0.4, -0.2) is 21.1 Å². The minimum absolute atomic E-state index is 0. The van der Waals surface area contributed by atoms with Crippen molar-refractivity contribution in [2.24, 2.45) is 0 Å². The minimum atomic E-state index is 0. The molecule has 0 radical (unpaired) electrons. The summed E-state index contributed by atoms with van der Waals surface area (Å²) < 4.78 is 3.31. The summed E-state index contributed by atoms with van der Waals surface area (Å²) in [5.41, 5.74) is 0. The predicted molar refractivity (Wildman–Crippen MR) is 82.8 cm³/mol. The fourth-order valence-electron chi connectivity index (χ4n) is 2.19. The van der Waals surface area contributed by atoms with Crippen molar-refractivity contribution in [2.45, 2.75) is 99.8 Å². The molecule has 2 heteroatoms. The van der Waals surface area contributed by atoms with E-state index in [4.69, 9.17) is 0 Å². The van der Waals surface area contributed by atoms with E-state index in [1.807, 2.05) is 0 Å². The first-order chi connectivity index (χ1) is 8.41. The number of unbranched alkanes of at least 4 members (excludes halogenated alkanes) is 10. The van der Waals surface area contributed by atoms with Gasteiger partial charge in [-0.3, -0.25) is 0 Å². The molecule has 0 aliphatic carbocycles. The van der Waals surface area contributed by atoms with Gasteiger partial charge in [-0.1, -0.05) is 0 Å². The van der Waals surface area contributed by atoms with Crippen LogP contribution in [0.4, 0.5) is 0 Å². The Morgan fingerprint density at radius 1 is 0.500 bits per heavy atom. The molecule has 0 amide bonds. The standard InChI is InChI=1S/2C8H17.O.Sn/c2*1-3-5-7-8-6-4-2;;/h2*1,3-8H2,2H3;;/q;;-2;+2. The average molecular weight is 361 g/mol. The molecule has 0 aromatic carbocycles. The Kier molecular flexibility index (Phi) is 23.5. The Morgan fingerprint density at radius 3 is 1.22 bits per heavy atom. The molecule has 0 spiro atoms. The van der Waals surface area contributed by atoms with Crippen LogP contribution in [0.2, 0.25) is 8.87 Å². The molecular formula is C16H34OSn. The third-order valence-electron chi connectivity index (χ3n) is 3.41. The molecule has 0 rings (SSSR count). The smallest absolute Gasteiger partial charge is 2.00 e. The maximum atomic E-state index is 2.30. The van der Waals surface area contributed by atoms with E-state index in [9.17, 15) is 0 Å². The summed E-state index contributed by atoms with van der Waals surface area (Å²) in [7, 11) is 0. The van der Waals surface area contributed by atoms with Gasteiger partial charge in [-0.25, -0.2) is 0 Å². The number of hydrogen-bond donors (Lipinski definition) is 0. The van der Waals surface area contributed by atoms with Crippen molar-refractivity contribution >= 4 is 21.1 Å². The topological polar surface area (TPSA) is 28.5 Å². The molecule has 0 N–H and O–H groups in total. The van der Waals surface area contributed by atoms with Crippen molar-refractivity contribution in [2.75, 3.05) is 0 Å². The summed E-state index contributed by atoms with van der Waals surface area (Å²) in [6, 6.07) is 0. The zero-order valence-corrected chi connectivity index (χ0v) is 15.7. The molecule has 0 aromatic heterocycles. The maximum Gasteiger partial charge on any atom is -2.00 e. The molecule has 0 aliphatic heterocycles. The third kappa shape index (κ3) is 19.1. The van der Waals surface area contributed by atoms with Crippen LogP contribution < -0.4 is 0 Å². The first-order valence-electron chi connectivity index (χ1n) is 8.12. The predicted octanol–water partition coefficient (Wildman–Crippen LogP) is 6.13.